The fourth-order valence-corrected chi connectivity index (χ4v) is 2.94. The summed E-state index contributed by atoms with van der Waals surface area (Å²) in [7, 11) is -2.27. The van der Waals surface area contributed by atoms with E-state index in [9.17, 15) is 13.2 Å². The Balaban J connectivity index is 2.85. The third-order valence-corrected chi connectivity index (χ3v) is 4.41. The molecular formula is C15H24N2O6S. The van der Waals surface area contributed by atoms with Gasteiger partial charge in [-0.15, -0.1) is 0 Å². The lowest BCUT2D eigenvalue weighted by Gasteiger charge is -2.13. The molecule has 0 aliphatic rings. The first-order valence-electron chi connectivity index (χ1n) is 7.63. The molecule has 2 N–H and O–H groups in total. The van der Waals surface area contributed by atoms with Gasteiger partial charge in [0.25, 0.3) is 0 Å². The second kappa shape index (κ2) is 10.1. The smallest absolute Gasteiger partial charge is 0.411 e. The SMILES string of the molecule is CCOCCCNS(=O)(=O)c1ccc(OC)c(NC(=O)OCC)c1. The highest BCUT2D eigenvalue weighted by atomic mass is 32.2. The van der Waals surface area contributed by atoms with Crippen molar-refractivity contribution in [2.75, 3.05) is 38.8 Å². The van der Waals surface area contributed by atoms with Crippen LogP contribution in [0.1, 0.15) is 20.3 Å². The fourth-order valence-electron chi connectivity index (χ4n) is 1.84. The number of hydrogen-bond acceptors (Lipinski definition) is 6. The number of methoxy groups -OCH3 is 1. The van der Waals surface area contributed by atoms with Crippen LogP contribution in [0.3, 0.4) is 0 Å². The van der Waals surface area contributed by atoms with Crippen molar-refractivity contribution in [2.24, 2.45) is 0 Å². The van der Waals surface area contributed by atoms with Crippen LogP contribution >= 0.6 is 0 Å². The van der Waals surface area contributed by atoms with Gasteiger partial charge in [-0.2, -0.15) is 0 Å². The molecule has 0 saturated carbocycles. The molecule has 9 heteroatoms. The predicted molar refractivity (Wildman–Crippen MR) is 89.9 cm³/mol. The Morgan fingerprint density at radius 2 is 1.96 bits per heavy atom. The van der Waals surface area contributed by atoms with Gasteiger partial charge in [-0.1, -0.05) is 0 Å². The molecule has 1 aromatic rings. The molecule has 0 aliphatic carbocycles. The summed E-state index contributed by atoms with van der Waals surface area (Å²) in [5, 5.41) is 2.46. The molecule has 0 bridgehead atoms. The first kappa shape index (κ1) is 20.2. The van der Waals surface area contributed by atoms with Crippen molar-refractivity contribution in [1.82, 2.24) is 4.72 Å². The number of rotatable bonds is 10. The van der Waals surface area contributed by atoms with Gasteiger partial charge in [-0.25, -0.2) is 17.9 Å². The maximum atomic E-state index is 12.3. The largest absolute Gasteiger partial charge is 0.495 e. The van der Waals surface area contributed by atoms with E-state index in [0.717, 1.165) is 0 Å². The molecule has 136 valence electrons. The van der Waals surface area contributed by atoms with E-state index in [4.69, 9.17) is 14.2 Å². The number of anilines is 1. The lowest BCUT2D eigenvalue weighted by Crippen LogP contribution is -2.26. The van der Waals surface area contributed by atoms with Crippen LogP contribution in [0.15, 0.2) is 23.1 Å². The summed E-state index contributed by atoms with van der Waals surface area (Å²) in [5.41, 5.74) is 0.216. The van der Waals surface area contributed by atoms with Gasteiger partial charge < -0.3 is 14.2 Å². The number of hydrogen-bond donors (Lipinski definition) is 2. The lowest BCUT2D eigenvalue weighted by atomic mass is 10.3. The Bertz CT molecular complexity index is 633. The Morgan fingerprint density at radius 3 is 2.58 bits per heavy atom. The highest BCUT2D eigenvalue weighted by molar-refractivity contribution is 7.89. The summed E-state index contributed by atoms with van der Waals surface area (Å²) >= 11 is 0. The maximum Gasteiger partial charge on any atom is 0.411 e. The number of amides is 1. The molecule has 1 rings (SSSR count). The second-order valence-corrected chi connectivity index (χ2v) is 6.42. The van der Waals surface area contributed by atoms with Crippen molar-refractivity contribution in [3.8, 4) is 5.75 Å². The molecule has 8 nitrogen and oxygen atoms in total. The predicted octanol–water partition coefficient (Wildman–Crippen LogP) is 1.97. The number of sulfonamides is 1. The van der Waals surface area contributed by atoms with Crippen LogP contribution in [0.2, 0.25) is 0 Å². The van der Waals surface area contributed by atoms with Crippen LogP contribution in [0.25, 0.3) is 0 Å². The van der Waals surface area contributed by atoms with E-state index in [1.54, 1.807) is 6.92 Å². The molecule has 0 fully saturated rings. The summed E-state index contributed by atoms with van der Waals surface area (Å²) in [5.74, 6) is 0.332. The molecule has 0 spiro atoms. The van der Waals surface area contributed by atoms with E-state index in [0.29, 0.717) is 25.4 Å². The quantitative estimate of drug-likeness (QED) is 0.618. The molecule has 0 heterocycles. The minimum atomic E-state index is -3.70. The number of benzene rings is 1. The monoisotopic (exact) mass is 360 g/mol. The van der Waals surface area contributed by atoms with Crippen LogP contribution < -0.4 is 14.8 Å². The summed E-state index contributed by atoms with van der Waals surface area (Å²) in [4.78, 5) is 11.6. The van der Waals surface area contributed by atoms with Crippen molar-refractivity contribution in [2.45, 2.75) is 25.2 Å². The Morgan fingerprint density at radius 1 is 1.21 bits per heavy atom. The number of nitrogens with one attached hydrogen (secondary N) is 2. The molecule has 0 saturated heterocycles. The van der Waals surface area contributed by atoms with E-state index in [-0.39, 0.29) is 23.7 Å². The van der Waals surface area contributed by atoms with Crippen molar-refractivity contribution < 1.29 is 27.4 Å². The van der Waals surface area contributed by atoms with Gasteiger partial charge >= 0.3 is 6.09 Å². The Kier molecular flexibility index (Phi) is 8.51. The van der Waals surface area contributed by atoms with Crippen LogP contribution in [0.4, 0.5) is 10.5 Å². The average molecular weight is 360 g/mol. The standard InChI is InChI=1S/C15H24N2O6S/c1-4-22-10-6-9-16-24(19,20)12-7-8-14(21-3)13(11-12)17-15(18)23-5-2/h7-8,11,16H,4-6,9-10H2,1-3H3,(H,17,18). The number of carbonyl (C=O) groups excluding carboxylic acids is 1. The molecule has 24 heavy (non-hydrogen) atoms. The summed E-state index contributed by atoms with van der Waals surface area (Å²) in [6.45, 7) is 5.08. The van der Waals surface area contributed by atoms with Gasteiger partial charge in [0.05, 0.1) is 24.3 Å². The fraction of sp³-hybridized carbons (Fsp3) is 0.533. The van der Waals surface area contributed by atoms with Crippen molar-refractivity contribution >= 4 is 21.8 Å². The highest BCUT2D eigenvalue weighted by Crippen LogP contribution is 2.27. The first-order chi connectivity index (χ1) is 11.4. The van der Waals surface area contributed by atoms with Gasteiger partial charge in [0.2, 0.25) is 10.0 Å². The van der Waals surface area contributed by atoms with Gasteiger partial charge in [0.15, 0.2) is 0 Å². The molecule has 0 unspecified atom stereocenters. The molecule has 1 aromatic carbocycles. The zero-order chi connectivity index (χ0) is 18.0. The summed E-state index contributed by atoms with van der Waals surface area (Å²) in [6.07, 6.45) is -0.119. The van der Waals surface area contributed by atoms with Crippen LogP contribution in [-0.2, 0) is 19.5 Å². The molecule has 0 atom stereocenters. The zero-order valence-corrected chi connectivity index (χ0v) is 14.9. The molecular weight excluding hydrogens is 336 g/mol. The summed E-state index contributed by atoms with van der Waals surface area (Å²) in [6, 6.07) is 4.19. The van der Waals surface area contributed by atoms with Gasteiger partial charge in [0, 0.05) is 19.8 Å². The molecule has 0 radical (unpaired) electrons. The van der Waals surface area contributed by atoms with Crippen LogP contribution in [0.5, 0.6) is 5.75 Å². The molecule has 1 amide bonds. The zero-order valence-electron chi connectivity index (χ0n) is 14.1. The van der Waals surface area contributed by atoms with E-state index >= 15 is 0 Å². The van der Waals surface area contributed by atoms with E-state index in [2.05, 4.69) is 10.0 Å². The van der Waals surface area contributed by atoms with Gasteiger partial charge in [0.1, 0.15) is 5.75 Å². The van der Waals surface area contributed by atoms with Crippen LogP contribution in [-0.4, -0.2) is 48.0 Å². The van der Waals surface area contributed by atoms with E-state index < -0.39 is 16.1 Å². The first-order valence-corrected chi connectivity index (χ1v) is 9.12. The maximum absolute atomic E-state index is 12.3. The third kappa shape index (κ3) is 6.34. The lowest BCUT2D eigenvalue weighted by molar-refractivity contribution is 0.146. The van der Waals surface area contributed by atoms with E-state index in [1.165, 1.54) is 25.3 Å². The number of ether oxygens (including phenoxy) is 3. The van der Waals surface area contributed by atoms with Crippen LogP contribution in [0, 0.1) is 0 Å². The molecule has 0 aromatic heterocycles. The minimum Gasteiger partial charge on any atom is -0.495 e. The van der Waals surface area contributed by atoms with E-state index in [1.807, 2.05) is 6.92 Å². The average Bonchev–Trinajstić information content (AvgIpc) is 2.54. The van der Waals surface area contributed by atoms with Gasteiger partial charge in [-0.05, 0) is 38.5 Å². The van der Waals surface area contributed by atoms with Crippen molar-refractivity contribution in [3.05, 3.63) is 18.2 Å². The topological polar surface area (TPSA) is 103 Å². The third-order valence-electron chi connectivity index (χ3n) is 2.96. The molecule has 0 aliphatic heterocycles. The van der Waals surface area contributed by atoms with Crippen molar-refractivity contribution in [1.29, 1.82) is 0 Å². The normalized spacial score (nSPS) is 11.1. The van der Waals surface area contributed by atoms with Crippen molar-refractivity contribution in [3.63, 3.8) is 0 Å². The Hall–Kier alpha value is -1.84. The summed E-state index contributed by atoms with van der Waals surface area (Å²) < 4.78 is 42.1. The second-order valence-electron chi connectivity index (χ2n) is 4.66. The minimum absolute atomic E-state index is 0.0199. The van der Waals surface area contributed by atoms with Gasteiger partial charge in [-0.3, -0.25) is 5.32 Å². The highest BCUT2D eigenvalue weighted by Gasteiger charge is 2.17. The number of carbonyl (C=O) groups is 1. The Labute approximate surface area is 142 Å².